The maximum absolute atomic E-state index is 5.64. The molecule has 0 fully saturated rings. The van der Waals surface area contributed by atoms with Crippen molar-refractivity contribution in [3.63, 3.8) is 0 Å². The first-order chi connectivity index (χ1) is 6.33. The molecule has 0 saturated carbocycles. The molecular weight excluding hydrogens is 218 g/mol. The maximum Gasteiger partial charge on any atom is 0.0717 e. The Morgan fingerprint density at radius 1 is 1.29 bits per heavy atom. The third kappa shape index (κ3) is 5.50. The summed E-state index contributed by atoms with van der Waals surface area (Å²) in [4.78, 5) is 0. The van der Waals surface area contributed by atoms with Gasteiger partial charge in [-0.1, -0.05) is 30.3 Å². The molecule has 1 aromatic carbocycles. The molecule has 0 unspecified atom stereocenters. The lowest BCUT2D eigenvalue weighted by molar-refractivity contribution is 0.112. The fraction of sp³-hybridized carbons (Fsp3) is 0.400. The Balaban J connectivity index is 0.00000169. The molecule has 0 aliphatic heterocycles. The third-order valence-electron chi connectivity index (χ3n) is 1.68. The van der Waals surface area contributed by atoms with Gasteiger partial charge in [0, 0.05) is 11.8 Å². The second kappa shape index (κ2) is 8.12. The van der Waals surface area contributed by atoms with Crippen LogP contribution < -0.4 is 5.73 Å². The summed E-state index contributed by atoms with van der Waals surface area (Å²) in [6.45, 7) is 1.20. The zero-order valence-corrected chi connectivity index (χ0v) is 9.64. The van der Waals surface area contributed by atoms with Crippen LogP contribution in [0.25, 0.3) is 0 Å². The minimum atomic E-state index is 0. The average molecular weight is 234 g/mol. The highest BCUT2D eigenvalue weighted by Crippen LogP contribution is 2.00. The smallest absolute Gasteiger partial charge is 0.0717 e. The van der Waals surface area contributed by atoms with Crippen molar-refractivity contribution in [1.82, 2.24) is 0 Å². The molecule has 14 heavy (non-hydrogen) atoms. The van der Waals surface area contributed by atoms with Crippen LogP contribution in [0.15, 0.2) is 30.3 Å². The Morgan fingerprint density at radius 2 is 1.93 bits per heavy atom. The van der Waals surface area contributed by atoms with E-state index in [1.807, 2.05) is 30.3 Å². The minimum Gasteiger partial charge on any atom is -0.375 e. The summed E-state index contributed by atoms with van der Waals surface area (Å²) in [6.07, 6.45) is 0. The molecule has 0 saturated heterocycles. The van der Waals surface area contributed by atoms with E-state index in [0.717, 1.165) is 0 Å². The monoisotopic (exact) mass is 233 g/mol. The van der Waals surface area contributed by atoms with Crippen LogP contribution in [0, 0.1) is 0 Å². The van der Waals surface area contributed by atoms with Gasteiger partial charge in [0.05, 0.1) is 13.2 Å². The SMILES string of the molecule is Cl.N[C@@H](CS)COCc1ccccc1. The predicted octanol–water partition coefficient (Wildman–Crippen LogP) is 1.88. The number of rotatable bonds is 5. The fourth-order valence-corrected chi connectivity index (χ4v) is 1.06. The second-order valence-electron chi connectivity index (χ2n) is 2.94. The summed E-state index contributed by atoms with van der Waals surface area (Å²) in [5.41, 5.74) is 6.81. The van der Waals surface area contributed by atoms with E-state index >= 15 is 0 Å². The largest absolute Gasteiger partial charge is 0.375 e. The number of halogens is 1. The van der Waals surface area contributed by atoms with E-state index in [2.05, 4.69) is 12.6 Å². The number of benzene rings is 1. The summed E-state index contributed by atoms with van der Waals surface area (Å²) in [5, 5.41) is 0. The first kappa shape index (κ1) is 13.8. The van der Waals surface area contributed by atoms with Gasteiger partial charge < -0.3 is 10.5 Å². The van der Waals surface area contributed by atoms with E-state index in [-0.39, 0.29) is 18.4 Å². The van der Waals surface area contributed by atoms with Crippen molar-refractivity contribution in [2.45, 2.75) is 12.6 Å². The van der Waals surface area contributed by atoms with Crippen molar-refractivity contribution in [3.8, 4) is 0 Å². The van der Waals surface area contributed by atoms with E-state index in [9.17, 15) is 0 Å². The maximum atomic E-state index is 5.64. The lowest BCUT2D eigenvalue weighted by atomic mass is 10.2. The number of hydrogen-bond acceptors (Lipinski definition) is 3. The fourth-order valence-electron chi connectivity index (χ4n) is 0.955. The molecule has 1 atom stereocenters. The van der Waals surface area contributed by atoms with Crippen LogP contribution in [0.2, 0.25) is 0 Å². The number of ether oxygens (including phenoxy) is 1. The first-order valence-electron chi connectivity index (χ1n) is 4.31. The van der Waals surface area contributed by atoms with Gasteiger partial charge in [0.1, 0.15) is 0 Å². The van der Waals surface area contributed by atoms with E-state index in [1.54, 1.807) is 0 Å². The Labute approximate surface area is 96.7 Å². The molecule has 2 nitrogen and oxygen atoms in total. The quantitative estimate of drug-likeness (QED) is 0.762. The van der Waals surface area contributed by atoms with Crippen molar-refractivity contribution in [2.75, 3.05) is 12.4 Å². The molecule has 0 spiro atoms. The zero-order valence-electron chi connectivity index (χ0n) is 7.93. The van der Waals surface area contributed by atoms with Gasteiger partial charge in [-0.15, -0.1) is 12.4 Å². The molecule has 80 valence electrons. The zero-order chi connectivity index (χ0) is 9.52. The molecular formula is C10H16ClNOS. The van der Waals surface area contributed by atoms with Gasteiger partial charge in [0.15, 0.2) is 0 Å². The normalized spacial score (nSPS) is 11.9. The van der Waals surface area contributed by atoms with E-state index in [0.29, 0.717) is 19.0 Å². The van der Waals surface area contributed by atoms with Crippen molar-refractivity contribution < 1.29 is 4.74 Å². The third-order valence-corrected chi connectivity index (χ3v) is 2.15. The molecule has 0 heterocycles. The average Bonchev–Trinajstić information content (AvgIpc) is 2.19. The van der Waals surface area contributed by atoms with Crippen molar-refractivity contribution in [2.24, 2.45) is 5.73 Å². The van der Waals surface area contributed by atoms with Crippen LogP contribution in [-0.4, -0.2) is 18.4 Å². The summed E-state index contributed by atoms with van der Waals surface area (Å²) in [7, 11) is 0. The van der Waals surface area contributed by atoms with Gasteiger partial charge in [-0.3, -0.25) is 0 Å². The highest BCUT2D eigenvalue weighted by Gasteiger charge is 1.98. The molecule has 0 amide bonds. The van der Waals surface area contributed by atoms with Crippen LogP contribution in [0.3, 0.4) is 0 Å². The topological polar surface area (TPSA) is 35.2 Å². The Hall–Kier alpha value is -0.220. The van der Waals surface area contributed by atoms with Gasteiger partial charge in [-0.2, -0.15) is 12.6 Å². The standard InChI is InChI=1S/C10H15NOS.ClH/c11-10(8-13)7-12-6-9-4-2-1-3-5-9;/h1-5,10,13H,6-8,11H2;1H/t10-;/m1./s1. The van der Waals surface area contributed by atoms with Gasteiger partial charge >= 0.3 is 0 Å². The molecule has 2 N–H and O–H groups in total. The van der Waals surface area contributed by atoms with Crippen LogP contribution in [-0.2, 0) is 11.3 Å². The molecule has 1 rings (SSSR count). The Kier molecular flexibility index (Phi) is 7.99. The van der Waals surface area contributed by atoms with Gasteiger partial charge in [-0.05, 0) is 5.56 Å². The molecule has 0 aliphatic rings. The summed E-state index contributed by atoms with van der Waals surface area (Å²) in [5.74, 6) is 0.661. The first-order valence-corrected chi connectivity index (χ1v) is 4.94. The van der Waals surface area contributed by atoms with E-state index in [1.165, 1.54) is 5.56 Å². The second-order valence-corrected chi connectivity index (χ2v) is 3.31. The lowest BCUT2D eigenvalue weighted by Gasteiger charge is -2.08. The number of nitrogens with two attached hydrogens (primary N) is 1. The van der Waals surface area contributed by atoms with E-state index < -0.39 is 0 Å². The van der Waals surface area contributed by atoms with Crippen molar-refractivity contribution in [3.05, 3.63) is 35.9 Å². The van der Waals surface area contributed by atoms with Crippen molar-refractivity contribution >= 4 is 25.0 Å². The molecule has 0 aromatic heterocycles. The van der Waals surface area contributed by atoms with Crippen LogP contribution in [0.1, 0.15) is 5.56 Å². The van der Waals surface area contributed by atoms with Crippen LogP contribution >= 0.6 is 25.0 Å². The molecule has 1 aromatic rings. The minimum absolute atomic E-state index is 0. The highest BCUT2D eigenvalue weighted by molar-refractivity contribution is 7.80. The summed E-state index contributed by atoms with van der Waals surface area (Å²) < 4.78 is 5.40. The van der Waals surface area contributed by atoms with Gasteiger partial charge in [-0.25, -0.2) is 0 Å². The molecule has 4 heteroatoms. The Morgan fingerprint density at radius 3 is 2.50 bits per heavy atom. The van der Waals surface area contributed by atoms with Crippen LogP contribution in [0.5, 0.6) is 0 Å². The molecule has 0 aliphatic carbocycles. The molecule has 0 bridgehead atoms. The summed E-state index contributed by atoms with van der Waals surface area (Å²) in [6, 6.07) is 10.1. The van der Waals surface area contributed by atoms with Gasteiger partial charge in [0.2, 0.25) is 0 Å². The van der Waals surface area contributed by atoms with Crippen molar-refractivity contribution in [1.29, 1.82) is 0 Å². The number of thiol groups is 1. The van der Waals surface area contributed by atoms with Crippen LogP contribution in [0.4, 0.5) is 0 Å². The highest BCUT2D eigenvalue weighted by atomic mass is 35.5. The predicted molar refractivity (Wildman–Crippen MR) is 65.2 cm³/mol. The molecule has 0 radical (unpaired) electrons. The number of hydrogen-bond donors (Lipinski definition) is 2. The summed E-state index contributed by atoms with van der Waals surface area (Å²) >= 11 is 4.07. The van der Waals surface area contributed by atoms with Gasteiger partial charge in [0.25, 0.3) is 0 Å². The Bertz CT molecular complexity index is 233. The lowest BCUT2D eigenvalue weighted by Crippen LogP contribution is -2.27. The van der Waals surface area contributed by atoms with E-state index in [4.69, 9.17) is 10.5 Å².